The second kappa shape index (κ2) is 6.00. The summed E-state index contributed by atoms with van der Waals surface area (Å²) >= 11 is 0. The van der Waals surface area contributed by atoms with Crippen molar-refractivity contribution in [2.24, 2.45) is 4.99 Å². The molecular formula is C16H17N7O2. The number of carbonyl (C=O) groups excluding carboxylic acids is 2. The van der Waals surface area contributed by atoms with Crippen molar-refractivity contribution in [1.29, 1.82) is 0 Å². The summed E-state index contributed by atoms with van der Waals surface area (Å²) in [4.78, 5) is 31.2. The van der Waals surface area contributed by atoms with Gasteiger partial charge < -0.3 is 4.90 Å². The van der Waals surface area contributed by atoms with Crippen LogP contribution < -0.4 is 10.4 Å². The van der Waals surface area contributed by atoms with Crippen LogP contribution in [0.25, 0.3) is 0 Å². The lowest BCUT2D eigenvalue weighted by Crippen LogP contribution is -2.58. The quantitative estimate of drug-likeness (QED) is 0.803. The second-order valence-electron chi connectivity index (χ2n) is 5.97. The van der Waals surface area contributed by atoms with Crippen LogP contribution in [-0.2, 0) is 22.6 Å². The molecule has 2 aliphatic rings. The largest absolute Gasteiger partial charge is 0.330 e. The molecule has 2 aliphatic heterocycles. The van der Waals surface area contributed by atoms with Crippen LogP contribution in [0.5, 0.6) is 0 Å². The molecule has 0 saturated heterocycles. The van der Waals surface area contributed by atoms with Gasteiger partial charge in [-0.15, -0.1) is 0 Å². The van der Waals surface area contributed by atoms with Gasteiger partial charge in [0.05, 0.1) is 17.9 Å². The van der Waals surface area contributed by atoms with Gasteiger partial charge in [0, 0.05) is 13.0 Å². The number of amides is 2. The summed E-state index contributed by atoms with van der Waals surface area (Å²) in [5.41, 5.74) is 5.18. The summed E-state index contributed by atoms with van der Waals surface area (Å²) in [5.74, 6) is -0.308. The second-order valence-corrected chi connectivity index (χ2v) is 5.97. The molecule has 3 heterocycles. The number of rotatable bonds is 2. The molecule has 1 aromatic heterocycles. The van der Waals surface area contributed by atoms with Crippen molar-refractivity contribution >= 4 is 23.3 Å². The van der Waals surface area contributed by atoms with E-state index in [1.807, 2.05) is 18.2 Å². The number of nitrogens with zero attached hydrogens (tertiary/aromatic N) is 5. The van der Waals surface area contributed by atoms with Crippen molar-refractivity contribution in [3.05, 3.63) is 41.7 Å². The van der Waals surface area contributed by atoms with Crippen LogP contribution in [0.3, 0.4) is 0 Å². The van der Waals surface area contributed by atoms with E-state index in [9.17, 15) is 9.59 Å². The number of fused-ring (bicyclic) bond motifs is 1. The van der Waals surface area contributed by atoms with E-state index < -0.39 is 6.04 Å². The minimum atomic E-state index is -0.632. The molecular weight excluding hydrogens is 322 g/mol. The van der Waals surface area contributed by atoms with Gasteiger partial charge in [0.1, 0.15) is 11.7 Å². The number of aliphatic imine (C=N–C) groups is 1. The van der Waals surface area contributed by atoms with Gasteiger partial charge in [0.25, 0.3) is 11.8 Å². The molecule has 9 nitrogen and oxygen atoms in total. The summed E-state index contributed by atoms with van der Waals surface area (Å²) in [6, 6.07) is 8.50. The summed E-state index contributed by atoms with van der Waals surface area (Å²) in [6.07, 6.45) is 0.641. The van der Waals surface area contributed by atoms with Crippen LogP contribution in [0, 0.1) is 0 Å². The summed E-state index contributed by atoms with van der Waals surface area (Å²) < 4.78 is 0. The molecule has 0 bridgehead atoms. The normalized spacial score (nSPS) is 20.0. The summed E-state index contributed by atoms with van der Waals surface area (Å²) in [5, 5.41) is 12.1. The Morgan fingerprint density at radius 3 is 2.76 bits per heavy atom. The average Bonchev–Trinajstić information content (AvgIpc) is 3.11. The molecule has 0 spiro atoms. The van der Waals surface area contributed by atoms with Crippen LogP contribution in [0.1, 0.15) is 18.3 Å². The van der Waals surface area contributed by atoms with Gasteiger partial charge in [-0.25, -0.2) is 10.0 Å². The van der Waals surface area contributed by atoms with Crippen molar-refractivity contribution < 1.29 is 9.59 Å². The fraction of sp³-hybridized carbons (Fsp3) is 0.312. The van der Waals surface area contributed by atoms with Crippen molar-refractivity contribution in [3.63, 3.8) is 0 Å². The lowest BCUT2D eigenvalue weighted by molar-refractivity contribution is -0.125. The Morgan fingerprint density at radius 1 is 1.20 bits per heavy atom. The van der Waals surface area contributed by atoms with Gasteiger partial charge in [0.15, 0.2) is 0 Å². The number of anilines is 1. The topological polar surface area (TPSA) is 107 Å². The standard InChI is InChI=1S/C16H17N7O2/c1-10-15(24)23(11-5-3-2-4-6-11)20-14(17-10)16(25)22-8-7-12-13(9-22)19-21-18-12/h2-6,10H,7-9H2,1H3,(H,17,20)(H,18,19,21). The zero-order valence-corrected chi connectivity index (χ0v) is 13.6. The van der Waals surface area contributed by atoms with E-state index >= 15 is 0 Å². The zero-order chi connectivity index (χ0) is 17.4. The van der Waals surface area contributed by atoms with E-state index in [0.29, 0.717) is 25.2 Å². The number of nitrogens with one attached hydrogen (secondary N) is 2. The highest BCUT2D eigenvalue weighted by atomic mass is 16.2. The maximum absolute atomic E-state index is 12.9. The first-order valence-corrected chi connectivity index (χ1v) is 8.05. The molecule has 1 aromatic carbocycles. The molecule has 25 heavy (non-hydrogen) atoms. The van der Waals surface area contributed by atoms with Crippen molar-refractivity contribution in [2.75, 3.05) is 11.6 Å². The summed E-state index contributed by atoms with van der Waals surface area (Å²) in [6.45, 7) is 2.59. The highest BCUT2D eigenvalue weighted by molar-refractivity contribution is 6.39. The third kappa shape index (κ3) is 2.73. The molecule has 0 saturated carbocycles. The molecule has 9 heteroatoms. The number of aromatic amines is 1. The molecule has 2 aromatic rings. The molecule has 0 radical (unpaired) electrons. The molecule has 0 fully saturated rings. The van der Waals surface area contributed by atoms with E-state index in [0.717, 1.165) is 11.4 Å². The predicted molar refractivity (Wildman–Crippen MR) is 89.5 cm³/mol. The van der Waals surface area contributed by atoms with Gasteiger partial charge in [-0.3, -0.25) is 15.0 Å². The predicted octanol–water partition coefficient (Wildman–Crippen LogP) is 0.0278. The van der Waals surface area contributed by atoms with E-state index in [1.54, 1.807) is 24.0 Å². The molecule has 2 N–H and O–H groups in total. The van der Waals surface area contributed by atoms with Crippen LogP contribution in [0.4, 0.5) is 5.69 Å². The molecule has 0 aliphatic carbocycles. The average molecular weight is 339 g/mol. The van der Waals surface area contributed by atoms with E-state index in [-0.39, 0.29) is 17.6 Å². The first-order valence-electron chi connectivity index (χ1n) is 8.05. The molecule has 1 unspecified atom stereocenters. The van der Waals surface area contributed by atoms with Crippen LogP contribution in [-0.4, -0.2) is 50.5 Å². The van der Waals surface area contributed by atoms with Crippen LogP contribution in [0.2, 0.25) is 0 Å². The van der Waals surface area contributed by atoms with Gasteiger partial charge in [-0.2, -0.15) is 15.4 Å². The van der Waals surface area contributed by atoms with E-state index in [4.69, 9.17) is 0 Å². The van der Waals surface area contributed by atoms with Crippen molar-refractivity contribution in [2.45, 2.75) is 25.9 Å². The maximum Gasteiger partial charge on any atom is 0.291 e. The number of hydrogen-bond donors (Lipinski definition) is 2. The van der Waals surface area contributed by atoms with Gasteiger partial charge in [-0.1, -0.05) is 18.2 Å². The number of para-hydroxylation sites is 1. The van der Waals surface area contributed by atoms with Crippen LogP contribution >= 0.6 is 0 Å². The number of aromatic nitrogens is 3. The van der Waals surface area contributed by atoms with E-state index in [1.165, 1.54) is 5.01 Å². The number of H-pyrrole nitrogens is 1. The smallest absolute Gasteiger partial charge is 0.291 e. The highest BCUT2D eigenvalue weighted by Gasteiger charge is 2.34. The van der Waals surface area contributed by atoms with Crippen molar-refractivity contribution in [1.82, 2.24) is 25.7 Å². The monoisotopic (exact) mass is 339 g/mol. The Balaban J connectivity index is 1.56. The molecule has 1 atom stereocenters. The highest BCUT2D eigenvalue weighted by Crippen LogP contribution is 2.18. The Bertz CT molecular complexity index is 845. The number of hydrazine groups is 1. The number of hydrogen-bond acceptors (Lipinski definition) is 6. The molecule has 2 amide bonds. The minimum Gasteiger partial charge on any atom is -0.330 e. The SMILES string of the molecule is CC1N=C(C(=O)N2CCc3n[nH]nc3C2)NN(c2ccccc2)C1=O. The summed E-state index contributed by atoms with van der Waals surface area (Å²) in [7, 11) is 0. The Labute approximate surface area is 143 Å². The van der Waals surface area contributed by atoms with Crippen molar-refractivity contribution in [3.8, 4) is 0 Å². The zero-order valence-electron chi connectivity index (χ0n) is 13.6. The number of carbonyl (C=O) groups is 2. The first kappa shape index (κ1) is 15.3. The molecule has 4 rings (SSSR count). The minimum absolute atomic E-state index is 0.155. The Hall–Kier alpha value is -3.23. The Morgan fingerprint density at radius 2 is 1.96 bits per heavy atom. The molecule has 128 valence electrons. The van der Waals surface area contributed by atoms with Crippen LogP contribution in [0.15, 0.2) is 35.3 Å². The fourth-order valence-corrected chi connectivity index (χ4v) is 2.92. The van der Waals surface area contributed by atoms with E-state index in [2.05, 4.69) is 25.8 Å². The lowest BCUT2D eigenvalue weighted by atomic mass is 10.1. The first-order chi connectivity index (χ1) is 12.1. The lowest BCUT2D eigenvalue weighted by Gasteiger charge is -2.33. The van der Waals surface area contributed by atoms with Gasteiger partial charge in [-0.05, 0) is 19.1 Å². The third-order valence-electron chi connectivity index (χ3n) is 4.28. The third-order valence-corrected chi connectivity index (χ3v) is 4.28. The number of amidine groups is 1. The van der Waals surface area contributed by atoms with Gasteiger partial charge >= 0.3 is 0 Å². The number of benzene rings is 1. The fourth-order valence-electron chi connectivity index (χ4n) is 2.92. The Kier molecular flexibility index (Phi) is 3.68. The van der Waals surface area contributed by atoms with Gasteiger partial charge in [0.2, 0.25) is 5.84 Å². The maximum atomic E-state index is 12.9.